The van der Waals surface area contributed by atoms with E-state index >= 15 is 0 Å². The Bertz CT molecular complexity index is 1420. The molecule has 0 unspecified atom stereocenters. The van der Waals surface area contributed by atoms with Crippen molar-refractivity contribution in [1.82, 2.24) is 4.57 Å². The molecule has 1 aliphatic heterocycles. The molecule has 34 heavy (non-hydrogen) atoms. The smallest absolute Gasteiger partial charge is 0.338 e. The summed E-state index contributed by atoms with van der Waals surface area (Å²) in [5.74, 6) is 0.745. The molecule has 4 rings (SSSR count). The van der Waals surface area contributed by atoms with E-state index in [2.05, 4.69) is 4.99 Å². The van der Waals surface area contributed by atoms with Gasteiger partial charge in [-0.15, -0.1) is 0 Å². The molecule has 0 amide bonds. The van der Waals surface area contributed by atoms with Crippen LogP contribution in [0.5, 0.6) is 11.5 Å². The lowest BCUT2D eigenvalue weighted by molar-refractivity contribution is -0.136. The summed E-state index contributed by atoms with van der Waals surface area (Å²) < 4.78 is 18.2. The van der Waals surface area contributed by atoms with E-state index in [1.807, 2.05) is 62.4 Å². The Labute approximate surface area is 201 Å². The fourth-order valence-corrected chi connectivity index (χ4v) is 5.03. The minimum atomic E-state index is -0.614. The molecule has 7 nitrogen and oxygen atoms in total. The number of allylic oxidation sites excluding steroid dienone is 1. The third-order valence-electron chi connectivity index (χ3n) is 5.55. The van der Waals surface area contributed by atoms with Crippen molar-refractivity contribution in [3.05, 3.63) is 90.6 Å². The third kappa shape index (κ3) is 4.28. The average molecular weight is 479 g/mol. The number of benzene rings is 2. The van der Waals surface area contributed by atoms with E-state index in [0.29, 0.717) is 45.1 Å². The summed E-state index contributed by atoms with van der Waals surface area (Å²) >= 11 is 1.29. The van der Waals surface area contributed by atoms with Crippen LogP contribution >= 0.6 is 11.3 Å². The van der Waals surface area contributed by atoms with Crippen molar-refractivity contribution in [3.8, 4) is 11.5 Å². The summed E-state index contributed by atoms with van der Waals surface area (Å²) in [6.45, 7) is 4.37. The Morgan fingerprint density at radius 1 is 1.12 bits per heavy atom. The van der Waals surface area contributed by atoms with Gasteiger partial charge in [-0.2, -0.15) is 0 Å². The second kappa shape index (κ2) is 10.1. The zero-order chi connectivity index (χ0) is 24.2. The van der Waals surface area contributed by atoms with Gasteiger partial charge in [0.15, 0.2) is 16.3 Å². The zero-order valence-electron chi connectivity index (χ0n) is 19.5. The second-order valence-electron chi connectivity index (χ2n) is 7.54. The number of methoxy groups -OCH3 is 2. The van der Waals surface area contributed by atoms with Gasteiger partial charge in [0.05, 0.1) is 42.7 Å². The molecule has 176 valence electrons. The van der Waals surface area contributed by atoms with Crippen LogP contribution in [0.15, 0.2) is 69.6 Å². The van der Waals surface area contributed by atoms with Crippen LogP contribution in [0.3, 0.4) is 0 Å². The summed E-state index contributed by atoms with van der Waals surface area (Å²) in [5.41, 5.74) is 2.40. The van der Waals surface area contributed by atoms with Gasteiger partial charge < -0.3 is 14.2 Å². The van der Waals surface area contributed by atoms with Crippen LogP contribution in [0.4, 0.5) is 0 Å². The molecule has 0 saturated carbocycles. The Hall–Kier alpha value is -3.65. The number of fused-ring (bicyclic) bond motifs is 1. The summed E-state index contributed by atoms with van der Waals surface area (Å²) in [6, 6.07) is 14.4. The normalized spacial score (nSPS) is 15.5. The van der Waals surface area contributed by atoms with E-state index in [9.17, 15) is 9.59 Å². The highest BCUT2D eigenvalue weighted by Crippen LogP contribution is 2.32. The first-order chi connectivity index (χ1) is 16.5. The molecule has 2 heterocycles. The van der Waals surface area contributed by atoms with E-state index in [0.717, 1.165) is 11.1 Å². The number of carbonyl (C=O) groups excluding carboxylic acids is 1. The average Bonchev–Trinajstić information content (AvgIpc) is 3.18. The first-order valence-corrected chi connectivity index (χ1v) is 11.8. The maximum atomic E-state index is 13.6. The topological polar surface area (TPSA) is 79.1 Å². The Morgan fingerprint density at radius 3 is 2.53 bits per heavy atom. The first kappa shape index (κ1) is 23.5. The van der Waals surface area contributed by atoms with Crippen LogP contribution in [0.2, 0.25) is 0 Å². The van der Waals surface area contributed by atoms with Gasteiger partial charge in [0.2, 0.25) is 0 Å². The molecule has 0 saturated heterocycles. The highest BCUT2D eigenvalue weighted by Gasteiger charge is 2.33. The van der Waals surface area contributed by atoms with Gasteiger partial charge in [-0.05, 0) is 42.7 Å². The van der Waals surface area contributed by atoms with E-state index in [-0.39, 0.29) is 5.56 Å². The molecule has 0 fully saturated rings. The van der Waals surface area contributed by atoms with Gasteiger partial charge in [0, 0.05) is 0 Å². The number of carbonyl (C=O) groups is 1. The fourth-order valence-electron chi connectivity index (χ4n) is 4.01. The van der Waals surface area contributed by atoms with Gasteiger partial charge >= 0.3 is 5.97 Å². The summed E-state index contributed by atoms with van der Waals surface area (Å²) in [6.07, 6.45) is 2.34. The number of hydrogen-bond acceptors (Lipinski definition) is 7. The van der Waals surface area contributed by atoms with Crippen molar-refractivity contribution in [2.45, 2.75) is 26.3 Å². The summed E-state index contributed by atoms with van der Waals surface area (Å²) in [4.78, 5) is 31.7. The molecule has 1 atom stereocenters. The standard InChI is InChI=1S/C26H26N2O5S/c1-5-18-22(25(30)32-4)23(17-10-8-7-9-11-17)28-24(29)21(34-26(28)27-18)15-16-12-13-19(33-6-2)20(14-16)31-3/h7-15,23H,5-6H2,1-4H3/b21-15-/t23-/m0/s1. The quantitative estimate of drug-likeness (QED) is 0.488. The van der Waals surface area contributed by atoms with Crippen molar-refractivity contribution in [1.29, 1.82) is 0 Å². The van der Waals surface area contributed by atoms with Crippen LogP contribution in [0, 0.1) is 0 Å². The molecular formula is C26H26N2O5S. The molecule has 1 aliphatic rings. The molecule has 0 spiro atoms. The number of thiazole rings is 1. The lowest BCUT2D eigenvalue weighted by Crippen LogP contribution is -2.40. The van der Waals surface area contributed by atoms with Crippen molar-refractivity contribution in [2.75, 3.05) is 20.8 Å². The molecule has 2 aromatic carbocycles. The van der Waals surface area contributed by atoms with E-state index in [1.165, 1.54) is 18.4 Å². The number of hydrogen-bond donors (Lipinski definition) is 0. The van der Waals surface area contributed by atoms with Crippen molar-refractivity contribution in [3.63, 3.8) is 0 Å². The van der Waals surface area contributed by atoms with Gasteiger partial charge in [-0.1, -0.05) is 54.7 Å². The molecule has 8 heteroatoms. The fraction of sp³-hybridized carbons (Fsp3) is 0.269. The van der Waals surface area contributed by atoms with Crippen molar-refractivity contribution >= 4 is 23.4 Å². The van der Waals surface area contributed by atoms with E-state index < -0.39 is 12.0 Å². The number of esters is 1. The number of nitrogens with zero attached hydrogens (tertiary/aromatic N) is 2. The van der Waals surface area contributed by atoms with Gasteiger partial charge in [-0.25, -0.2) is 9.79 Å². The van der Waals surface area contributed by atoms with Gasteiger partial charge in [-0.3, -0.25) is 9.36 Å². The van der Waals surface area contributed by atoms with Crippen molar-refractivity contribution in [2.24, 2.45) is 4.99 Å². The maximum Gasteiger partial charge on any atom is 0.338 e. The molecular weight excluding hydrogens is 452 g/mol. The predicted octanol–water partition coefficient (Wildman–Crippen LogP) is 3.21. The van der Waals surface area contributed by atoms with Crippen molar-refractivity contribution < 1.29 is 19.0 Å². The Balaban J connectivity index is 1.93. The van der Waals surface area contributed by atoms with Gasteiger partial charge in [0.1, 0.15) is 0 Å². The van der Waals surface area contributed by atoms with Crippen LogP contribution < -0.4 is 24.4 Å². The minimum Gasteiger partial charge on any atom is -0.493 e. The van der Waals surface area contributed by atoms with Crippen LogP contribution in [0.1, 0.15) is 37.4 Å². The highest BCUT2D eigenvalue weighted by atomic mass is 32.1. The lowest BCUT2D eigenvalue weighted by atomic mass is 9.95. The predicted molar refractivity (Wildman–Crippen MR) is 131 cm³/mol. The van der Waals surface area contributed by atoms with Gasteiger partial charge in [0.25, 0.3) is 5.56 Å². The first-order valence-electron chi connectivity index (χ1n) is 11.0. The van der Waals surface area contributed by atoms with E-state index in [4.69, 9.17) is 14.2 Å². The number of aromatic nitrogens is 1. The molecule has 0 bridgehead atoms. The molecule has 0 radical (unpaired) electrons. The molecule has 3 aromatic rings. The van der Waals surface area contributed by atoms with Crippen LogP contribution in [-0.4, -0.2) is 31.4 Å². The van der Waals surface area contributed by atoms with Crippen LogP contribution in [-0.2, 0) is 9.53 Å². The third-order valence-corrected chi connectivity index (χ3v) is 6.53. The summed E-state index contributed by atoms with van der Waals surface area (Å²) in [5, 5.41) is 0. The monoisotopic (exact) mass is 478 g/mol. The Kier molecular flexibility index (Phi) is 6.98. The highest BCUT2D eigenvalue weighted by molar-refractivity contribution is 7.07. The van der Waals surface area contributed by atoms with E-state index in [1.54, 1.807) is 17.8 Å². The largest absolute Gasteiger partial charge is 0.493 e. The summed E-state index contributed by atoms with van der Waals surface area (Å²) in [7, 11) is 2.92. The SMILES string of the molecule is CCOc1ccc(/C=c2\sc3n(c2=O)[C@@H](c2ccccc2)C(C(=O)OC)=C(CC)N=3)cc1OC. The lowest BCUT2D eigenvalue weighted by Gasteiger charge is -2.25. The minimum absolute atomic E-state index is 0.220. The maximum absolute atomic E-state index is 13.6. The Morgan fingerprint density at radius 2 is 1.88 bits per heavy atom. The number of ether oxygens (including phenoxy) is 3. The number of rotatable bonds is 7. The zero-order valence-corrected chi connectivity index (χ0v) is 20.3. The molecule has 1 aromatic heterocycles. The molecule has 0 N–H and O–H groups in total. The second-order valence-corrected chi connectivity index (χ2v) is 8.55. The van der Waals surface area contributed by atoms with Crippen LogP contribution in [0.25, 0.3) is 6.08 Å². The molecule has 0 aliphatic carbocycles.